The fraction of sp³-hybridized carbons (Fsp3) is 0.350. The van der Waals surface area contributed by atoms with Gasteiger partial charge in [-0.2, -0.15) is 13.9 Å². The van der Waals surface area contributed by atoms with Gasteiger partial charge in [-0.25, -0.2) is 9.67 Å². The van der Waals surface area contributed by atoms with E-state index in [2.05, 4.69) is 26.7 Å². The average molecular weight is 388 g/mol. The van der Waals surface area contributed by atoms with E-state index in [1.165, 1.54) is 12.4 Å². The summed E-state index contributed by atoms with van der Waals surface area (Å²) in [6.45, 7) is 0.0585. The van der Waals surface area contributed by atoms with Gasteiger partial charge in [0.15, 0.2) is 5.82 Å². The summed E-state index contributed by atoms with van der Waals surface area (Å²) in [5.41, 5.74) is 3.52. The van der Waals surface area contributed by atoms with Crippen LogP contribution in [0.1, 0.15) is 30.4 Å². The topological polar surface area (TPSA) is 62.1 Å². The van der Waals surface area contributed by atoms with E-state index in [9.17, 15) is 8.78 Å². The molecule has 0 unspecified atom stereocenters. The number of aromatic nitrogens is 4. The van der Waals surface area contributed by atoms with Gasteiger partial charge in [-0.1, -0.05) is 25.5 Å². The molecule has 2 heterocycles. The largest absolute Gasteiger partial charge is 0.435 e. The minimum atomic E-state index is -2.86. The molecular weight excluding hydrogens is 366 g/mol. The summed E-state index contributed by atoms with van der Waals surface area (Å²) in [5, 5.41) is 4.23. The molecule has 0 amide bonds. The van der Waals surface area contributed by atoms with E-state index < -0.39 is 6.61 Å². The first-order valence-corrected chi connectivity index (χ1v) is 8.99. The number of ether oxygens (including phenoxy) is 2. The van der Waals surface area contributed by atoms with Crippen LogP contribution in [0, 0.1) is 0 Å². The molecule has 0 aliphatic carbocycles. The lowest BCUT2D eigenvalue weighted by Crippen LogP contribution is -2.09. The summed E-state index contributed by atoms with van der Waals surface area (Å²) in [6, 6.07) is 8.70. The highest BCUT2D eigenvalue weighted by molar-refractivity contribution is 5.68. The predicted molar refractivity (Wildman–Crippen MR) is 100 cm³/mol. The first-order valence-electron chi connectivity index (χ1n) is 8.99. The van der Waals surface area contributed by atoms with Crippen molar-refractivity contribution >= 4 is 0 Å². The Morgan fingerprint density at radius 3 is 2.79 bits per heavy atom. The smallest absolute Gasteiger partial charge is 0.387 e. The molecule has 1 aromatic carbocycles. The molecule has 0 aliphatic heterocycles. The Morgan fingerprint density at radius 2 is 2.04 bits per heavy atom. The van der Waals surface area contributed by atoms with Crippen molar-refractivity contribution in [3.8, 4) is 16.9 Å². The normalized spacial score (nSPS) is 11.2. The zero-order chi connectivity index (χ0) is 19.9. The summed E-state index contributed by atoms with van der Waals surface area (Å²) >= 11 is 0. The molecular formula is C20H22F2N4O2. The highest BCUT2D eigenvalue weighted by Crippen LogP contribution is 2.28. The van der Waals surface area contributed by atoms with Crippen molar-refractivity contribution in [2.75, 3.05) is 7.11 Å². The number of rotatable bonds is 9. The molecule has 28 heavy (non-hydrogen) atoms. The summed E-state index contributed by atoms with van der Waals surface area (Å²) in [6.07, 6.45) is 5.01. The lowest BCUT2D eigenvalue weighted by molar-refractivity contribution is -0.0498. The number of benzene rings is 1. The summed E-state index contributed by atoms with van der Waals surface area (Å²) in [7, 11) is 1.60. The van der Waals surface area contributed by atoms with Crippen LogP contribution in [0.15, 0.2) is 42.9 Å². The summed E-state index contributed by atoms with van der Waals surface area (Å²) in [5.74, 6) is 0.841. The van der Waals surface area contributed by atoms with Gasteiger partial charge in [0, 0.05) is 24.6 Å². The summed E-state index contributed by atoms with van der Waals surface area (Å²) < 4.78 is 36.6. The van der Waals surface area contributed by atoms with Crippen LogP contribution in [-0.4, -0.2) is 33.5 Å². The molecule has 0 N–H and O–H groups in total. The molecule has 148 valence electrons. The van der Waals surface area contributed by atoms with Crippen molar-refractivity contribution in [3.05, 3.63) is 59.9 Å². The third-order valence-corrected chi connectivity index (χ3v) is 4.19. The van der Waals surface area contributed by atoms with E-state index in [-0.39, 0.29) is 5.75 Å². The molecule has 0 spiro atoms. The SMILES string of the molecule is CCCc1ncc(Cn2ncnc2COC)cc1-c1cccc(OC(F)F)c1. The van der Waals surface area contributed by atoms with Crippen LogP contribution in [0.3, 0.4) is 0 Å². The van der Waals surface area contributed by atoms with E-state index >= 15 is 0 Å². The van der Waals surface area contributed by atoms with Crippen LogP contribution >= 0.6 is 0 Å². The maximum atomic E-state index is 12.6. The Kier molecular flexibility index (Phi) is 6.65. The van der Waals surface area contributed by atoms with E-state index in [0.717, 1.165) is 35.2 Å². The second kappa shape index (κ2) is 9.36. The Labute approximate surface area is 162 Å². The van der Waals surface area contributed by atoms with Crippen LogP contribution in [0.4, 0.5) is 8.78 Å². The molecule has 6 nitrogen and oxygen atoms in total. The van der Waals surface area contributed by atoms with Crippen LogP contribution in [0.2, 0.25) is 0 Å². The molecule has 8 heteroatoms. The second-order valence-electron chi connectivity index (χ2n) is 6.26. The third-order valence-electron chi connectivity index (χ3n) is 4.19. The maximum absolute atomic E-state index is 12.6. The Hall–Kier alpha value is -2.87. The fourth-order valence-corrected chi connectivity index (χ4v) is 2.98. The molecule has 0 saturated heterocycles. The monoisotopic (exact) mass is 388 g/mol. The van der Waals surface area contributed by atoms with E-state index in [0.29, 0.717) is 19.0 Å². The van der Waals surface area contributed by atoms with Crippen molar-refractivity contribution in [3.63, 3.8) is 0 Å². The molecule has 3 aromatic rings. The zero-order valence-corrected chi connectivity index (χ0v) is 15.8. The number of hydrogen-bond acceptors (Lipinski definition) is 5. The van der Waals surface area contributed by atoms with Crippen LogP contribution in [0.25, 0.3) is 11.1 Å². The van der Waals surface area contributed by atoms with Gasteiger partial charge in [0.05, 0.1) is 6.54 Å². The van der Waals surface area contributed by atoms with Crippen molar-refractivity contribution in [1.29, 1.82) is 0 Å². The molecule has 0 saturated carbocycles. The molecule has 3 rings (SSSR count). The number of nitrogens with zero attached hydrogens (tertiary/aromatic N) is 4. The first-order chi connectivity index (χ1) is 13.6. The highest BCUT2D eigenvalue weighted by atomic mass is 19.3. The van der Waals surface area contributed by atoms with Gasteiger partial charge in [-0.05, 0) is 35.7 Å². The zero-order valence-electron chi connectivity index (χ0n) is 15.8. The standard InChI is InChI=1S/C20H22F2N4O2/c1-3-5-18-17(15-6-4-7-16(9-15)28-20(21)22)8-14(10-23-18)11-26-19(12-27-2)24-13-25-26/h4,6-10,13,20H,3,5,11-12H2,1-2H3. The molecule has 2 aromatic heterocycles. The maximum Gasteiger partial charge on any atom is 0.387 e. The number of pyridine rings is 1. The molecule has 0 aliphatic rings. The molecule has 0 atom stereocenters. The molecule has 0 radical (unpaired) electrons. The first kappa shape index (κ1) is 19.9. The van der Waals surface area contributed by atoms with Crippen molar-refractivity contribution in [2.24, 2.45) is 0 Å². The van der Waals surface area contributed by atoms with E-state index in [1.54, 1.807) is 23.9 Å². The number of hydrogen-bond donors (Lipinski definition) is 0. The summed E-state index contributed by atoms with van der Waals surface area (Å²) in [4.78, 5) is 8.80. The third kappa shape index (κ3) is 4.89. The number of alkyl halides is 2. The Balaban J connectivity index is 1.95. The van der Waals surface area contributed by atoms with Crippen molar-refractivity contribution in [1.82, 2.24) is 19.7 Å². The predicted octanol–water partition coefficient (Wildman–Crippen LogP) is 4.09. The second-order valence-corrected chi connectivity index (χ2v) is 6.26. The van der Waals surface area contributed by atoms with Gasteiger partial charge in [0.25, 0.3) is 0 Å². The number of methoxy groups -OCH3 is 1. The average Bonchev–Trinajstić information content (AvgIpc) is 3.10. The minimum Gasteiger partial charge on any atom is -0.435 e. The molecule has 0 bridgehead atoms. The Bertz CT molecular complexity index is 915. The number of aryl methyl sites for hydroxylation is 1. The lowest BCUT2D eigenvalue weighted by Gasteiger charge is -2.13. The minimum absolute atomic E-state index is 0.124. The van der Waals surface area contributed by atoms with Gasteiger partial charge < -0.3 is 9.47 Å². The van der Waals surface area contributed by atoms with E-state index in [1.807, 2.05) is 18.3 Å². The van der Waals surface area contributed by atoms with Crippen molar-refractivity contribution < 1.29 is 18.3 Å². The van der Waals surface area contributed by atoms with Gasteiger partial charge in [0.2, 0.25) is 0 Å². The van der Waals surface area contributed by atoms with Gasteiger partial charge >= 0.3 is 6.61 Å². The van der Waals surface area contributed by atoms with Crippen LogP contribution < -0.4 is 4.74 Å². The molecule has 0 fully saturated rings. The van der Waals surface area contributed by atoms with Crippen LogP contribution in [0.5, 0.6) is 5.75 Å². The number of halogens is 2. The van der Waals surface area contributed by atoms with Crippen molar-refractivity contribution in [2.45, 2.75) is 39.5 Å². The lowest BCUT2D eigenvalue weighted by atomic mass is 9.99. The van der Waals surface area contributed by atoms with E-state index in [4.69, 9.17) is 4.74 Å². The Morgan fingerprint density at radius 1 is 1.18 bits per heavy atom. The van der Waals surface area contributed by atoms with Crippen LogP contribution in [-0.2, 0) is 24.3 Å². The van der Waals surface area contributed by atoms with Gasteiger partial charge in [-0.3, -0.25) is 4.98 Å². The van der Waals surface area contributed by atoms with Gasteiger partial charge in [0.1, 0.15) is 18.7 Å². The highest BCUT2D eigenvalue weighted by Gasteiger charge is 2.12. The van der Waals surface area contributed by atoms with Gasteiger partial charge in [-0.15, -0.1) is 0 Å². The quantitative estimate of drug-likeness (QED) is 0.553. The fourth-order valence-electron chi connectivity index (χ4n) is 2.98.